The van der Waals surface area contributed by atoms with Gasteiger partial charge in [-0.15, -0.1) is 0 Å². The normalized spacial score (nSPS) is 10.2. The van der Waals surface area contributed by atoms with Crippen molar-refractivity contribution in [3.8, 4) is 0 Å². The van der Waals surface area contributed by atoms with E-state index in [0.29, 0.717) is 6.07 Å². The van der Waals surface area contributed by atoms with E-state index in [0.717, 1.165) is 6.07 Å². The van der Waals surface area contributed by atoms with Gasteiger partial charge in [0.25, 0.3) is 0 Å². The highest BCUT2D eigenvalue weighted by atomic mass is 79.9. The maximum atomic E-state index is 13.4. The highest BCUT2D eigenvalue weighted by molar-refractivity contribution is 9.10. The summed E-state index contributed by atoms with van der Waals surface area (Å²) >= 11 is 2.92. The zero-order valence-electron chi connectivity index (χ0n) is 10.1. The van der Waals surface area contributed by atoms with E-state index in [9.17, 15) is 18.4 Å². The molecule has 0 aliphatic heterocycles. The number of carboxylic acid groups (broad SMARTS) is 1. The lowest BCUT2D eigenvalue weighted by Crippen LogP contribution is -2.32. The summed E-state index contributed by atoms with van der Waals surface area (Å²) in [5.74, 6) is -2.82. The number of rotatable bonds is 6. The zero-order valence-corrected chi connectivity index (χ0v) is 11.7. The van der Waals surface area contributed by atoms with Crippen molar-refractivity contribution in [3.63, 3.8) is 0 Å². The number of amides is 2. The Labute approximate surface area is 121 Å². The van der Waals surface area contributed by atoms with Crippen LogP contribution >= 0.6 is 15.9 Å². The summed E-state index contributed by atoms with van der Waals surface area (Å²) < 4.78 is 31.0. The van der Waals surface area contributed by atoms with Gasteiger partial charge in [0, 0.05) is 17.1 Å². The van der Waals surface area contributed by atoms with Crippen molar-refractivity contribution in [3.05, 3.63) is 28.2 Å². The molecule has 2 amide bonds. The second kappa shape index (κ2) is 7.75. The largest absolute Gasteiger partial charge is 0.480 e. The number of anilines is 1. The predicted molar refractivity (Wildman–Crippen MR) is 69.5 cm³/mol. The standard InChI is InChI=1S/C11H11BrF2N2O4/c12-7-3-6(13)4-8(14)10(7)16-11(19)15-1-2-20-5-9(17)18/h3-4H,1-2,5H2,(H,17,18)(H2,15,16,19). The van der Waals surface area contributed by atoms with Gasteiger partial charge < -0.3 is 20.5 Å². The topological polar surface area (TPSA) is 87.7 Å². The van der Waals surface area contributed by atoms with Gasteiger partial charge in [-0.1, -0.05) is 0 Å². The van der Waals surface area contributed by atoms with Gasteiger partial charge in [0.15, 0.2) is 5.82 Å². The van der Waals surface area contributed by atoms with E-state index in [4.69, 9.17) is 5.11 Å². The molecule has 9 heteroatoms. The molecule has 1 aromatic rings. The molecule has 0 bridgehead atoms. The van der Waals surface area contributed by atoms with Gasteiger partial charge in [0.05, 0.1) is 12.3 Å². The number of carbonyl (C=O) groups is 2. The van der Waals surface area contributed by atoms with E-state index >= 15 is 0 Å². The van der Waals surface area contributed by atoms with Crippen LogP contribution in [0.4, 0.5) is 19.3 Å². The van der Waals surface area contributed by atoms with Gasteiger partial charge in [-0.2, -0.15) is 0 Å². The molecule has 0 saturated carbocycles. The molecule has 0 saturated heterocycles. The minimum atomic E-state index is -1.12. The number of halogens is 3. The average molecular weight is 353 g/mol. The predicted octanol–water partition coefficient (Wildman–Crippen LogP) is 1.95. The first kappa shape index (κ1) is 16.3. The van der Waals surface area contributed by atoms with Crippen molar-refractivity contribution in [2.75, 3.05) is 25.1 Å². The quantitative estimate of drug-likeness (QED) is 0.683. The smallest absolute Gasteiger partial charge is 0.329 e. The van der Waals surface area contributed by atoms with Crippen LogP contribution < -0.4 is 10.6 Å². The van der Waals surface area contributed by atoms with Crippen LogP contribution in [0.1, 0.15) is 0 Å². The third-order valence-electron chi connectivity index (χ3n) is 2.00. The number of carboxylic acids is 1. The van der Waals surface area contributed by atoms with Gasteiger partial charge in [0.2, 0.25) is 0 Å². The minimum absolute atomic E-state index is 0.00715. The maximum absolute atomic E-state index is 13.4. The summed E-state index contributed by atoms with van der Waals surface area (Å²) in [4.78, 5) is 21.6. The van der Waals surface area contributed by atoms with E-state index in [1.165, 1.54) is 0 Å². The molecular weight excluding hydrogens is 342 g/mol. The molecule has 0 unspecified atom stereocenters. The van der Waals surface area contributed by atoms with Crippen LogP contribution in [0.25, 0.3) is 0 Å². The molecule has 0 aliphatic rings. The van der Waals surface area contributed by atoms with E-state index in [1.54, 1.807) is 0 Å². The number of carbonyl (C=O) groups excluding carboxylic acids is 1. The minimum Gasteiger partial charge on any atom is -0.480 e. The Balaban J connectivity index is 2.41. The molecule has 1 aromatic carbocycles. The lowest BCUT2D eigenvalue weighted by molar-refractivity contribution is -0.142. The lowest BCUT2D eigenvalue weighted by Gasteiger charge is -2.10. The molecule has 20 heavy (non-hydrogen) atoms. The Hall–Kier alpha value is -1.74. The van der Waals surface area contributed by atoms with Gasteiger partial charge in [-0.25, -0.2) is 18.4 Å². The van der Waals surface area contributed by atoms with Gasteiger partial charge in [0.1, 0.15) is 12.4 Å². The number of ether oxygens (including phenoxy) is 1. The number of nitrogens with one attached hydrogen (secondary N) is 2. The van der Waals surface area contributed by atoms with Gasteiger partial charge in [-0.05, 0) is 22.0 Å². The fourth-order valence-electron chi connectivity index (χ4n) is 1.22. The highest BCUT2D eigenvalue weighted by Gasteiger charge is 2.12. The van der Waals surface area contributed by atoms with Crippen LogP contribution in [-0.4, -0.2) is 36.9 Å². The number of benzene rings is 1. The monoisotopic (exact) mass is 352 g/mol. The Morgan fingerprint density at radius 1 is 1.35 bits per heavy atom. The number of hydrogen-bond donors (Lipinski definition) is 3. The fraction of sp³-hybridized carbons (Fsp3) is 0.273. The number of urea groups is 1. The van der Waals surface area contributed by atoms with Crippen molar-refractivity contribution in [2.45, 2.75) is 0 Å². The van der Waals surface area contributed by atoms with Crippen molar-refractivity contribution in [1.82, 2.24) is 5.32 Å². The lowest BCUT2D eigenvalue weighted by atomic mass is 10.3. The molecular formula is C11H11BrF2N2O4. The molecule has 3 N–H and O–H groups in total. The second-order valence-electron chi connectivity index (χ2n) is 3.57. The van der Waals surface area contributed by atoms with Crippen molar-refractivity contribution in [2.24, 2.45) is 0 Å². The first-order valence-electron chi connectivity index (χ1n) is 5.39. The first-order chi connectivity index (χ1) is 9.40. The van der Waals surface area contributed by atoms with Crippen LogP contribution in [0.3, 0.4) is 0 Å². The van der Waals surface area contributed by atoms with E-state index in [1.807, 2.05) is 0 Å². The van der Waals surface area contributed by atoms with Crippen molar-refractivity contribution < 1.29 is 28.2 Å². The summed E-state index contributed by atoms with van der Waals surface area (Å²) in [7, 11) is 0. The molecule has 0 heterocycles. The highest BCUT2D eigenvalue weighted by Crippen LogP contribution is 2.26. The fourth-order valence-corrected chi connectivity index (χ4v) is 1.72. The Bertz CT molecular complexity index is 490. The molecule has 0 radical (unpaired) electrons. The summed E-state index contributed by atoms with van der Waals surface area (Å²) in [5.41, 5.74) is -0.199. The molecule has 0 aliphatic carbocycles. The Morgan fingerprint density at radius 3 is 2.65 bits per heavy atom. The molecule has 0 aromatic heterocycles. The molecule has 1 rings (SSSR count). The van der Waals surface area contributed by atoms with Crippen LogP contribution in [-0.2, 0) is 9.53 Å². The maximum Gasteiger partial charge on any atom is 0.329 e. The van der Waals surface area contributed by atoms with Crippen molar-refractivity contribution >= 4 is 33.6 Å². The van der Waals surface area contributed by atoms with Gasteiger partial charge >= 0.3 is 12.0 Å². The Morgan fingerprint density at radius 2 is 2.05 bits per heavy atom. The zero-order chi connectivity index (χ0) is 15.1. The van der Waals surface area contributed by atoms with Crippen LogP contribution in [0.2, 0.25) is 0 Å². The SMILES string of the molecule is O=C(O)COCCNC(=O)Nc1c(F)cc(F)cc1Br. The Kier molecular flexibility index (Phi) is 6.32. The average Bonchev–Trinajstić information content (AvgIpc) is 2.33. The van der Waals surface area contributed by atoms with E-state index in [2.05, 4.69) is 31.3 Å². The number of aliphatic carboxylic acids is 1. The van der Waals surface area contributed by atoms with E-state index < -0.39 is 30.2 Å². The molecule has 110 valence electrons. The molecule has 0 fully saturated rings. The van der Waals surface area contributed by atoms with Crippen LogP contribution in [0, 0.1) is 11.6 Å². The first-order valence-corrected chi connectivity index (χ1v) is 6.18. The summed E-state index contributed by atoms with van der Waals surface area (Å²) in [6.07, 6.45) is 0. The third kappa shape index (κ3) is 5.49. The number of hydrogen-bond acceptors (Lipinski definition) is 3. The summed E-state index contributed by atoms with van der Waals surface area (Å²) in [5, 5.41) is 12.8. The van der Waals surface area contributed by atoms with Gasteiger partial charge in [-0.3, -0.25) is 0 Å². The second-order valence-corrected chi connectivity index (χ2v) is 4.43. The van der Waals surface area contributed by atoms with Crippen molar-refractivity contribution in [1.29, 1.82) is 0 Å². The molecule has 0 atom stereocenters. The van der Waals surface area contributed by atoms with Crippen LogP contribution in [0.15, 0.2) is 16.6 Å². The summed E-state index contributed by atoms with van der Waals surface area (Å²) in [6, 6.07) is 0.917. The third-order valence-corrected chi connectivity index (χ3v) is 2.63. The molecule has 6 nitrogen and oxygen atoms in total. The van der Waals surface area contributed by atoms with E-state index in [-0.39, 0.29) is 23.3 Å². The molecule has 0 spiro atoms. The van der Waals surface area contributed by atoms with Crippen LogP contribution in [0.5, 0.6) is 0 Å². The summed E-state index contributed by atoms with van der Waals surface area (Å²) in [6.45, 7) is -0.437.